The molecule has 0 atom stereocenters. The summed E-state index contributed by atoms with van der Waals surface area (Å²) in [4.78, 5) is 14.5. The van der Waals surface area contributed by atoms with E-state index in [-0.39, 0.29) is 5.91 Å². The summed E-state index contributed by atoms with van der Waals surface area (Å²) in [6.07, 6.45) is 3.40. The molecule has 118 valence electrons. The first kappa shape index (κ1) is 15.6. The third-order valence-corrected chi connectivity index (χ3v) is 3.60. The molecule has 3 rings (SSSR count). The molecule has 3 aromatic carbocycles. The van der Waals surface area contributed by atoms with Crippen LogP contribution in [0.2, 0.25) is 0 Å². The van der Waals surface area contributed by atoms with Crippen LogP contribution in [0.3, 0.4) is 0 Å². The molecule has 0 unspecified atom stereocenters. The van der Waals surface area contributed by atoms with Gasteiger partial charge in [0, 0.05) is 23.1 Å². The lowest BCUT2D eigenvalue weighted by Gasteiger charge is -2.21. The first-order valence-electron chi connectivity index (χ1n) is 7.72. The summed E-state index contributed by atoms with van der Waals surface area (Å²) in [7, 11) is 0. The van der Waals surface area contributed by atoms with Crippen molar-refractivity contribution in [2.45, 2.75) is 0 Å². The molecule has 2 N–H and O–H groups in total. The highest BCUT2D eigenvalue weighted by Crippen LogP contribution is 2.26. The standard InChI is InChI=1S/C21H18N2O/c22-18-12-14-20(15-13-18)23(19-9-5-2-6-10-19)21(24)16-11-17-7-3-1-4-8-17/h1-16H,22H2. The van der Waals surface area contributed by atoms with E-state index in [0.717, 1.165) is 16.9 Å². The Morgan fingerprint density at radius 1 is 0.750 bits per heavy atom. The van der Waals surface area contributed by atoms with E-state index < -0.39 is 0 Å². The zero-order chi connectivity index (χ0) is 16.8. The van der Waals surface area contributed by atoms with Crippen molar-refractivity contribution in [1.82, 2.24) is 0 Å². The number of anilines is 3. The minimum absolute atomic E-state index is 0.116. The van der Waals surface area contributed by atoms with E-state index in [2.05, 4.69) is 0 Å². The molecule has 0 heterocycles. The fourth-order valence-corrected chi connectivity index (χ4v) is 2.41. The van der Waals surface area contributed by atoms with Crippen LogP contribution in [0.25, 0.3) is 6.08 Å². The van der Waals surface area contributed by atoms with Crippen molar-refractivity contribution in [3.63, 3.8) is 0 Å². The molecule has 3 nitrogen and oxygen atoms in total. The van der Waals surface area contributed by atoms with E-state index in [0.29, 0.717) is 5.69 Å². The maximum atomic E-state index is 12.8. The Morgan fingerprint density at radius 2 is 1.29 bits per heavy atom. The van der Waals surface area contributed by atoms with Crippen LogP contribution in [0.5, 0.6) is 0 Å². The number of hydrogen-bond acceptors (Lipinski definition) is 2. The number of hydrogen-bond donors (Lipinski definition) is 1. The van der Waals surface area contributed by atoms with Gasteiger partial charge in [-0.3, -0.25) is 9.69 Å². The molecular formula is C21H18N2O. The molecule has 3 aromatic rings. The second kappa shape index (κ2) is 7.29. The summed E-state index contributed by atoms with van der Waals surface area (Å²) in [5.74, 6) is -0.116. The van der Waals surface area contributed by atoms with Gasteiger partial charge in [0.2, 0.25) is 0 Å². The van der Waals surface area contributed by atoms with Crippen molar-refractivity contribution >= 4 is 29.0 Å². The number of para-hydroxylation sites is 1. The van der Waals surface area contributed by atoms with Crippen molar-refractivity contribution in [2.24, 2.45) is 0 Å². The molecule has 0 fully saturated rings. The Balaban J connectivity index is 1.94. The molecule has 0 aliphatic heterocycles. The van der Waals surface area contributed by atoms with Gasteiger partial charge in [0.25, 0.3) is 5.91 Å². The highest BCUT2D eigenvalue weighted by Gasteiger charge is 2.15. The van der Waals surface area contributed by atoms with Gasteiger partial charge >= 0.3 is 0 Å². The highest BCUT2D eigenvalue weighted by molar-refractivity contribution is 6.08. The lowest BCUT2D eigenvalue weighted by molar-refractivity contribution is -0.113. The van der Waals surface area contributed by atoms with Crippen molar-refractivity contribution in [3.8, 4) is 0 Å². The number of nitrogens with zero attached hydrogens (tertiary/aromatic N) is 1. The zero-order valence-corrected chi connectivity index (χ0v) is 13.2. The summed E-state index contributed by atoms with van der Waals surface area (Å²) >= 11 is 0. The minimum Gasteiger partial charge on any atom is -0.399 e. The molecule has 0 aliphatic rings. The van der Waals surface area contributed by atoms with Gasteiger partial charge in [-0.05, 0) is 48.0 Å². The smallest absolute Gasteiger partial charge is 0.255 e. The van der Waals surface area contributed by atoms with E-state index in [1.807, 2.05) is 78.9 Å². The molecule has 3 heteroatoms. The minimum atomic E-state index is -0.116. The Labute approximate surface area is 141 Å². The van der Waals surface area contributed by atoms with Gasteiger partial charge in [-0.25, -0.2) is 0 Å². The van der Waals surface area contributed by atoms with Crippen LogP contribution in [0.4, 0.5) is 17.1 Å². The molecule has 0 radical (unpaired) electrons. The van der Waals surface area contributed by atoms with Crippen LogP contribution in [0.1, 0.15) is 5.56 Å². The Kier molecular flexibility index (Phi) is 4.73. The van der Waals surface area contributed by atoms with Crippen LogP contribution in [0.15, 0.2) is 91.0 Å². The number of benzene rings is 3. The summed E-state index contributed by atoms with van der Waals surface area (Å²) in [6, 6.07) is 26.6. The SMILES string of the molecule is Nc1ccc(N(C(=O)C=Cc2ccccc2)c2ccccc2)cc1. The van der Waals surface area contributed by atoms with Crippen LogP contribution >= 0.6 is 0 Å². The van der Waals surface area contributed by atoms with Gasteiger partial charge in [0.05, 0.1) is 0 Å². The van der Waals surface area contributed by atoms with E-state index in [1.165, 1.54) is 0 Å². The Morgan fingerprint density at radius 3 is 1.92 bits per heavy atom. The number of nitrogens with two attached hydrogens (primary N) is 1. The molecule has 0 aliphatic carbocycles. The van der Waals surface area contributed by atoms with Gasteiger partial charge in [-0.1, -0.05) is 48.5 Å². The van der Waals surface area contributed by atoms with E-state index in [9.17, 15) is 4.79 Å². The third-order valence-electron chi connectivity index (χ3n) is 3.60. The fourth-order valence-electron chi connectivity index (χ4n) is 2.41. The fraction of sp³-hybridized carbons (Fsp3) is 0. The molecule has 0 aromatic heterocycles. The number of rotatable bonds is 4. The zero-order valence-electron chi connectivity index (χ0n) is 13.2. The monoisotopic (exact) mass is 314 g/mol. The molecule has 0 spiro atoms. The Bertz CT molecular complexity index is 825. The quantitative estimate of drug-likeness (QED) is 0.563. The maximum Gasteiger partial charge on any atom is 0.255 e. The number of nitrogen functional groups attached to an aromatic ring is 1. The third kappa shape index (κ3) is 3.70. The topological polar surface area (TPSA) is 46.3 Å². The predicted octanol–water partition coefficient (Wildman–Crippen LogP) is 4.65. The van der Waals surface area contributed by atoms with E-state index in [1.54, 1.807) is 23.1 Å². The van der Waals surface area contributed by atoms with Crippen LogP contribution in [0, 0.1) is 0 Å². The second-order valence-electron chi connectivity index (χ2n) is 5.34. The summed E-state index contributed by atoms with van der Waals surface area (Å²) < 4.78 is 0. The lowest BCUT2D eigenvalue weighted by atomic mass is 10.2. The predicted molar refractivity (Wildman–Crippen MR) is 99.9 cm³/mol. The van der Waals surface area contributed by atoms with E-state index in [4.69, 9.17) is 5.73 Å². The summed E-state index contributed by atoms with van der Waals surface area (Å²) in [5, 5.41) is 0. The number of carbonyl (C=O) groups excluding carboxylic acids is 1. The molecule has 0 saturated heterocycles. The van der Waals surface area contributed by atoms with Crippen LogP contribution in [-0.4, -0.2) is 5.91 Å². The van der Waals surface area contributed by atoms with Gasteiger partial charge in [0.15, 0.2) is 0 Å². The van der Waals surface area contributed by atoms with Gasteiger partial charge in [0.1, 0.15) is 0 Å². The molecule has 0 bridgehead atoms. The van der Waals surface area contributed by atoms with Gasteiger partial charge in [-0.15, -0.1) is 0 Å². The highest BCUT2D eigenvalue weighted by atomic mass is 16.2. The first-order valence-corrected chi connectivity index (χ1v) is 7.72. The van der Waals surface area contributed by atoms with Crippen molar-refractivity contribution in [3.05, 3.63) is 96.6 Å². The number of amides is 1. The van der Waals surface area contributed by atoms with Gasteiger partial charge < -0.3 is 5.73 Å². The molecule has 1 amide bonds. The molecule has 24 heavy (non-hydrogen) atoms. The average Bonchev–Trinajstić information content (AvgIpc) is 2.64. The average molecular weight is 314 g/mol. The molecule has 0 saturated carbocycles. The summed E-state index contributed by atoms with van der Waals surface area (Å²) in [5.41, 5.74) is 8.99. The van der Waals surface area contributed by atoms with Gasteiger partial charge in [-0.2, -0.15) is 0 Å². The maximum absolute atomic E-state index is 12.8. The lowest BCUT2D eigenvalue weighted by Crippen LogP contribution is -2.23. The first-order chi connectivity index (χ1) is 11.7. The second-order valence-corrected chi connectivity index (χ2v) is 5.34. The normalized spacial score (nSPS) is 10.7. The molecular weight excluding hydrogens is 296 g/mol. The van der Waals surface area contributed by atoms with Crippen molar-refractivity contribution in [2.75, 3.05) is 10.6 Å². The van der Waals surface area contributed by atoms with Crippen molar-refractivity contribution in [1.29, 1.82) is 0 Å². The van der Waals surface area contributed by atoms with Crippen molar-refractivity contribution < 1.29 is 4.79 Å². The van der Waals surface area contributed by atoms with Crippen LogP contribution in [-0.2, 0) is 4.79 Å². The van der Waals surface area contributed by atoms with E-state index >= 15 is 0 Å². The number of carbonyl (C=O) groups is 1. The largest absolute Gasteiger partial charge is 0.399 e. The van der Waals surface area contributed by atoms with Crippen LogP contribution < -0.4 is 10.6 Å². The Hall–Kier alpha value is -3.33. The summed E-state index contributed by atoms with van der Waals surface area (Å²) in [6.45, 7) is 0.